The van der Waals surface area contributed by atoms with E-state index in [1.165, 1.54) is 0 Å². The van der Waals surface area contributed by atoms with Crippen LogP contribution < -0.4 is 4.74 Å². The van der Waals surface area contributed by atoms with Gasteiger partial charge in [0, 0.05) is 25.7 Å². The molecule has 94 valence electrons. The van der Waals surface area contributed by atoms with Crippen molar-refractivity contribution in [3.05, 3.63) is 22.8 Å². The highest BCUT2D eigenvalue weighted by Crippen LogP contribution is 2.13. The second kappa shape index (κ2) is 6.33. The number of hydrogen-bond acceptors (Lipinski definition) is 4. The van der Waals surface area contributed by atoms with E-state index >= 15 is 0 Å². The maximum atomic E-state index is 9.38. The molecule has 1 aromatic heterocycles. The van der Waals surface area contributed by atoms with Crippen molar-refractivity contribution in [3.8, 4) is 5.88 Å². The fraction of sp³-hybridized carbons (Fsp3) is 0.583. The van der Waals surface area contributed by atoms with Crippen molar-refractivity contribution in [1.29, 1.82) is 0 Å². The maximum Gasteiger partial charge on any atom is 0.214 e. The summed E-state index contributed by atoms with van der Waals surface area (Å²) in [7, 11) is 0. The molecule has 1 N–H and O–H groups in total. The van der Waals surface area contributed by atoms with Crippen LogP contribution in [0.15, 0.2) is 22.8 Å². The number of rotatable bonds is 5. The van der Waals surface area contributed by atoms with E-state index in [1.807, 2.05) is 18.2 Å². The van der Waals surface area contributed by atoms with Gasteiger partial charge in [0.05, 0.1) is 12.7 Å². The van der Waals surface area contributed by atoms with Gasteiger partial charge in [-0.15, -0.1) is 0 Å². The Morgan fingerprint density at radius 2 is 2.41 bits per heavy atom. The Bertz CT molecular complexity index is 362. The first-order valence-electron chi connectivity index (χ1n) is 5.90. The molecule has 0 aliphatic carbocycles. The summed E-state index contributed by atoms with van der Waals surface area (Å²) < 4.78 is 6.33. The second-order valence-corrected chi connectivity index (χ2v) is 5.06. The summed E-state index contributed by atoms with van der Waals surface area (Å²) in [5.74, 6) is 0.654. The predicted molar refractivity (Wildman–Crippen MR) is 69.1 cm³/mol. The van der Waals surface area contributed by atoms with Crippen molar-refractivity contribution < 1.29 is 9.84 Å². The fourth-order valence-corrected chi connectivity index (χ4v) is 2.28. The van der Waals surface area contributed by atoms with Gasteiger partial charge in [0.15, 0.2) is 0 Å². The number of aromatic nitrogens is 1. The number of pyridine rings is 1. The molecule has 0 saturated carbocycles. The van der Waals surface area contributed by atoms with Crippen LogP contribution in [-0.2, 0) is 0 Å². The van der Waals surface area contributed by atoms with Crippen molar-refractivity contribution in [2.75, 3.05) is 26.2 Å². The molecular weight excluding hydrogens is 284 g/mol. The van der Waals surface area contributed by atoms with Gasteiger partial charge in [-0.1, -0.05) is 6.07 Å². The minimum Gasteiger partial charge on any atom is -0.478 e. The molecule has 0 aromatic carbocycles. The van der Waals surface area contributed by atoms with Crippen LogP contribution in [0.3, 0.4) is 0 Å². The van der Waals surface area contributed by atoms with Crippen molar-refractivity contribution in [1.82, 2.24) is 9.88 Å². The van der Waals surface area contributed by atoms with Gasteiger partial charge >= 0.3 is 0 Å². The lowest BCUT2D eigenvalue weighted by atomic mass is 10.3. The first kappa shape index (κ1) is 12.8. The summed E-state index contributed by atoms with van der Waals surface area (Å²) in [5, 5.41) is 9.38. The monoisotopic (exact) mass is 300 g/mol. The number of likely N-dealkylation sites (tertiary alicyclic amines) is 1. The Morgan fingerprint density at radius 1 is 1.53 bits per heavy atom. The van der Waals surface area contributed by atoms with E-state index in [0.29, 0.717) is 12.5 Å². The molecule has 17 heavy (non-hydrogen) atoms. The van der Waals surface area contributed by atoms with E-state index < -0.39 is 0 Å². The molecule has 1 atom stereocenters. The fourth-order valence-electron chi connectivity index (χ4n) is 1.95. The van der Waals surface area contributed by atoms with Crippen LogP contribution in [0.4, 0.5) is 0 Å². The number of β-amino-alcohol motifs (C(OH)–C–C–N with tert-alkyl or cyclic N) is 1. The largest absolute Gasteiger partial charge is 0.478 e. The zero-order valence-corrected chi connectivity index (χ0v) is 11.3. The molecule has 1 aliphatic rings. The Kier molecular flexibility index (Phi) is 4.76. The third-order valence-electron chi connectivity index (χ3n) is 2.81. The summed E-state index contributed by atoms with van der Waals surface area (Å²) in [5.41, 5.74) is 0. The van der Waals surface area contributed by atoms with E-state index in [4.69, 9.17) is 4.74 Å². The zero-order chi connectivity index (χ0) is 12.1. The Labute approximate surface area is 110 Å². The predicted octanol–water partition coefficient (Wildman–Crippen LogP) is 1.68. The molecule has 1 aromatic rings. The topological polar surface area (TPSA) is 45.6 Å². The summed E-state index contributed by atoms with van der Waals surface area (Å²) in [6.07, 6.45) is 1.72. The minimum atomic E-state index is -0.136. The Balaban J connectivity index is 1.63. The highest BCUT2D eigenvalue weighted by atomic mass is 79.9. The van der Waals surface area contributed by atoms with Crippen molar-refractivity contribution in [2.45, 2.75) is 18.9 Å². The van der Waals surface area contributed by atoms with Gasteiger partial charge in [-0.05, 0) is 34.8 Å². The molecule has 2 heterocycles. The zero-order valence-electron chi connectivity index (χ0n) is 9.68. The van der Waals surface area contributed by atoms with Crippen LogP contribution in [0.2, 0.25) is 0 Å². The number of aliphatic hydroxyl groups is 1. The normalized spacial score (nSPS) is 20.7. The van der Waals surface area contributed by atoms with Crippen LogP contribution in [0.5, 0.6) is 5.88 Å². The average molecular weight is 301 g/mol. The van der Waals surface area contributed by atoms with Gasteiger partial charge in [-0.2, -0.15) is 0 Å². The second-order valence-electron chi connectivity index (χ2n) is 4.24. The SMILES string of the molecule is O[C@@H]1CCN(CCCOc2cccc(Br)n2)C1. The van der Waals surface area contributed by atoms with E-state index in [0.717, 1.165) is 37.1 Å². The molecular formula is C12H17BrN2O2. The quantitative estimate of drug-likeness (QED) is 0.664. The van der Waals surface area contributed by atoms with Crippen molar-refractivity contribution >= 4 is 15.9 Å². The lowest BCUT2D eigenvalue weighted by Crippen LogP contribution is -2.24. The van der Waals surface area contributed by atoms with Crippen molar-refractivity contribution in [2.24, 2.45) is 0 Å². The number of nitrogens with zero attached hydrogens (tertiary/aromatic N) is 2. The van der Waals surface area contributed by atoms with Gasteiger partial charge in [-0.25, -0.2) is 4.98 Å². The van der Waals surface area contributed by atoms with Crippen LogP contribution >= 0.6 is 15.9 Å². The number of aliphatic hydroxyl groups excluding tert-OH is 1. The molecule has 0 spiro atoms. The highest BCUT2D eigenvalue weighted by Gasteiger charge is 2.19. The van der Waals surface area contributed by atoms with E-state index in [9.17, 15) is 5.11 Å². The minimum absolute atomic E-state index is 0.136. The third kappa shape index (κ3) is 4.26. The van der Waals surface area contributed by atoms with Gasteiger partial charge in [0.25, 0.3) is 0 Å². The molecule has 5 heteroatoms. The number of hydrogen-bond donors (Lipinski definition) is 1. The van der Waals surface area contributed by atoms with Gasteiger partial charge in [0.2, 0.25) is 5.88 Å². The highest BCUT2D eigenvalue weighted by molar-refractivity contribution is 9.10. The molecule has 0 unspecified atom stereocenters. The molecule has 0 radical (unpaired) electrons. The van der Waals surface area contributed by atoms with E-state index in [1.54, 1.807) is 0 Å². The standard InChI is InChI=1S/C12H17BrN2O2/c13-11-3-1-4-12(14-11)17-8-2-6-15-7-5-10(16)9-15/h1,3-4,10,16H,2,5-9H2/t10-/m1/s1. The average Bonchev–Trinajstić information content (AvgIpc) is 2.71. The van der Waals surface area contributed by atoms with Crippen molar-refractivity contribution in [3.63, 3.8) is 0 Å². The van der Waals surface area contributed by atoms with Crippen LogP contribution in [0.1, 0.15) is 12.8 Å². The van der Waals surface area contributed by atoms with E-state index in [2.05, 4.69) is 25.8 Å². The maximum absolute atomic E-state index is 9.38. The van der Waals surface area contributed by atoms with Crippen LogP contribution in [-0.4, -0.2) is 47.3 Å². The first-order chi connectivity index (χ1) is 8.24. The summed E-state index contributed by atoms with van der Waals surface area (Å²) >= 11 is 3.30. The van der Waals surface area contributed by atoms with Gasteiger partial charge < -0.3 is 14.7 Å². The van der Waals surface area contributed by atoms with E-state index in [-0.39, 0.29) is 6.10 Å². The first-order valence-corrected chi connectivity index (χ1v) is 6.69. The van der Waals surface area contributed by atoms with Crippen LogP contribution in [0, 0.1) is 0 Å². The molecule has 1 fully saturated rings. The van der Waals surface area contributed by atoms with Gasteiger partial charge in [-0.3, -0.25) is 0 Å². The third-order valence-corrected chi connectivity index (χ3v) is 3.25. The molecule has 1 saturated heterocycles. The van der Waals surface area contributed by atoms with Crippen LogP contribution in [0.25, 0.3) is 0 Å². The Morgan fingerprint density at radius 3 is 3.12 bits per heavy atom. The lowest BCUT2D eigenvalue weighted by molar-refractivity contribution is 0.172. The summed E-state index contributed by atoms with van der Waals surface area (Å²) in [6.45, 7) is 3.44. The summed E-state index contributed by atoms with van der Waals surface area (Å²) in [6, 6.07) is 5.63. The number of ether oxygens (including phenoxy) is 1. The molecule has 4 nitrogen and oxygen atoms in total. The lowest BCUT2D eigenvalue weighted by Gasteiger charge is -2.14. The smallest absolute Gasteiger partial charge is 0.214 e. The van der Waals surface area contributed by atoms with Gasteiger partial charge in [0.1, 0.15) is 4.60 Å². The number of halogens is 1. The Hall–Kier alpha value is -0.650. The molecule has 1 aliphatic heterocycles. The molecule has 0 bridgehead atoms. The molecule has 2 rings (SSSR count). The summed E-state index contributed by atoms with van der Waals surface area (Å²) in [4.78, 5) is 6.46. The molecule has 0 amide bonds.